The van der Waals surface area contributed by atoms with Gasteiger partial charge in [-0.1, -0.05) is 0 Å². The summed E-state index contributed by atoms with van der Waals surface area (Å²) in [6.07, 6.45) is -0.320. The fourth-order valence-corrected chi connectivity index (χ4v) is 0.827. The molecule has 2 unspecified atom stereocenters. The van der Waals surface area contributed by atoms with Crippen molar-refractivity contribution in [2.45, 2.75) is 32.4 Å². The minimum atomic E-state index is -0.992. The Morgan fingerprint density at radius 1 is 1.70 bits per heavy atom. The molecule has 0 aromatic rings. The van der Waals surface area contributed by atoms with Crippen molar-refractivity contribution in [3.05, 3.63) is 0 Å². The minimum Gasteiger partial charge on any atom is -0.465 e. The molecule has 0 spiro atoms. The van der Waals surface area contributed by atoms with Gasteiger partial charge in [0.2, 0.25) is 0 Å². The number of carbonyl (C=O) groups is 1. The number of carboxylic acid groups (broad SMARTS) is 1. The first-order valence-corrected chi connectivity index (χ1v) is 3.27. The second kappa shape index (κ2) is 4.11. The molecule has 0 aromatic carbocycles. The highest BCUT2D eigenvalue weighted by Gasteiger charge is 2.06. The van der Waals surface area contributed by atoms with E-state index < -0.39 is 6.09 Å². The molecular weight excluding hydrogens is 132 g/mol. The van der Waals surface area contributed by atoms with E-state index in [4.69, 9.17) is 10.8 Å². The molecule has 0 saturated carbocycles. The monoisotopic (exact) mass is 146 g/mol. The average molecular weight is 146 g/mol. The Morgan fingerprint density at radius 2 is 2.20 bits per heavy atom. The first-order valence-electron chi connectivity index (χ1n) is 3.27. The van der Waals surface area contributed by atoms with E-state index in [2.05, 4.69) is 5.32 Å². The van der Waals surface area contributed by atoms with Crippen LogP contribution in [-0.4, -0.2) is 23.3 Å². The summed E-state index contributed by atoms with van der Waals surface area (Å²) in [5.74, 6) is 0. The molecule has 0 saturated heterocycles. The van der Waals surface area contributed by atoms with Crippen LogP contribution in [0.4, 0.5) is 4.79 Å². The molecular formula is C6H14N2O2. The molecule has 2 atom stereocenters. The highest BCUT2D eigenvalue weighted by molar-refractivity contribution is 5.64. The zero-order valence-corrected chi connectivity index (χ0v) is 6.29. The van der Waals surface area contributed by atoms with Crippen LogP contribution in [0.5, 0.6) is 0 Å². The molecule has 60 valence electrons. The van der Waals surface area contributed by atoms with Gasteiger partial charge < -0.3 is 16.2 Å². The van der Waals surface area contributed by atoms with Crippen LogP contribution >= 0.6 is 0 Å². The maximum atomic E-state index is 10.0. The lowest BCUT2D eigenvalue weighted by atomic mass is 10.1. The third kappa shape index (κ3) is 5.37. The Kier molecular flexibility index (Phi) is 3.79. The average Bonchev–Trinajstić information content (AvgIpc) is 1.58. The number of amides is 1. The van der Waals surface area contributed by atoms with Crippen molar-refractivity contribution in [2.75, 3.05) is 0 Å². The van der Waals surface area contributed by atoms with Crippen LogP contribution < -0.4 is 11.1 Å². The summed E-state index contributed by atoms with van der Waals surface area (Å²) < 4.78 is 0. The fourth-order valence-electron chi connectivity index (χ4n) is 0.827. The first-order chi connectivity index (χ1) is 4.52. The van der Waals surface area contributed by atoms with Gasteiger partial charge in [-0.3, -0.25) is 0 Å². The van der Waals surface area contributed by atoms with Gasteiger partial charge >= 0.3 is 6.09 Å². The predicted octanol–water partition coefficient (Wildman–Crippen LogP) is 0.380. The van der Waals surface area contributed by atoms with Crippen LogP contribution in [0.25, 0.3) is 0 Å². The van der Waals surface area contributed by atoms with E-state index in [0.717, 1.165) is 0 Å². The summed E-state index contributed by atoms with van der Waals surface area (Å²) in [7, 11) is 0. The normalized spacial score (nSPS) is 15.9. The van der Waals surface area contributed by atoms with Crippen molar-refractivity contribution in [1.29, 1.82) is 0 Å². The van der Waals surface area contributed by atoms with E-state index in [1.807, 2.05) is 6.92 Å². The second-order valence-corrected chi connectivity index (χ2v) is 2.56. The molecule has 0 bridgehead atoms. The molecule has 0 rings (SSSR count). The lowest BCUT2D eigenvalue weighted by Crippen LogP contribution is -2.35. The van der Waals surface area contributed by atoms with Crippen molar-refractivity contribution in [2.24, 2.45) is 5.73 Å². The van der Waals surface area contributed by atoms with Crippen molar-refractivity contribution in [3.8, 4) is 0 Å². The molecule has 4 N–H and O–H groups in total. The molecule has 0 aliphatic rings. The van der Waals surface area contributed by atoms with Gasteiger partial charge in [0.1, 0.15) is 0 Å². The van der Waals surface area contributed by atoms with Crippen LogP contribution in [0.15, 0.2) is 0 Å². The number of rotatable bonds is 3. The maximum Gasteiger partial charge on any atom is 0.404 e. The lowest BCUT2D eigenvalue weighted by Gasteiger charge is -2.12. The topological polar surface area (TPSA) is 75.3 Å². The zero-order chi connectivity index (χ0) is 8.15. The van der Waals surface area contributed by atoms with Crippen LogP contribution in [-0.2, 0) is 0 Å². The summed E-state index contributed by atoms with van der Waals surface area (Å²) in [6, 6.07) is -0.0145. The van der Waals surface area contributed by atoms with E-state index in [0.29, 0.717) is 6.42 Å². The molecule has 0 aliphatic carbocycles. The molecule has 4 heteroatoms. The van der Waals surface area contributed by atoms with Crippen LogP contribution in [0.1, 0.15) is 20.3 Å². The Hall–Kier alpha value is -0.770. The summed E-state index contributed by atoms with van der Waals surface area (Å²) in [5, 5.41) is 10.6. The van der Waals surface area contributed by atoms with Gasteiger partial charge in [-0.25, -0.2) is 4.79 Å². The minimum absolute atomic E-state index is 0.0434. The summed E-state index contributed by atoms with van der Waals surface area (Å²) >= 11 is 0. The Balaban J connectivity index is 3.43. The van der Waals surface area contributed by atoms with Crippen molar-refractivity contribution >= 4 is 6.09 Å². The van der Waals surface area contributed by atoms with E-state index in [1.165, 1.54) is 0 Å². The molecule has 0 fully saturated rings. The van der Waals surface area contributed by atoms with E-state index >= 15 is 0 Å². The number of nitrogens with two attached hydrogens (primary N) is 1. The van der Waals surface area contributed by atoms with Gasteiger partial charge in [0.25, 0.3) is 0 Å². The highest BCUT2D eigenvalue weighted by atomic mass is 16.4. The Morgan fingerprint density at radius 3 is 2.50 bits per heavy atom. The zero-order valence-electron chi connectivity index (χ0n) is 6.29. The molecule has 0 aliphatic heterocycles. The number of hydrogen-bond donors (Lipinski definition) is 3. The Bertz CT molecular complexity index is 114. The van der Waals surface area contributed by atoms with Gasteiger partial charge in [-0.2, -0.15) is 0 Å². The van der Waals surface area contributed by atoms with Gasteiger partial charge in [-0.15, -0.1) is 0 Å². The predicted molar refractivity (Wildman–Crippen MR) is 38.9 cm³/mol. The molecule has 0 aromatic heterocycles. The standard InChI is InChI=1S/C6H14N2O2/c1-4(7)3-5(2)8-6(9)10/h4-5,8H,3,7H2,1-2H3,(H,9,10). The van der Waals surface area contributed by atoms with Crippen molar-refractivity contribution < 1.29 is 9.90 Å². The van der Waals surface area contributed by atoms with E-state index in [9.17, 15) is 4.79 Å². The van der Waals surface area contributed by atoms with E-state index in [1.54, 1.807) is 6.92 Å². The molecule has 1 amide bonds. The van der Waals surface area contributed by atoms with Crippen molar-refractivity contribution in [1.82, 2.24) is 5.32 Å². The smallest absolute Gasteiger partial charge is 0.404 e. The van der Waals surface area contributed by atoms with Gasteiger partial charge in [0, 0.05) is 12.1 Å². The number of hydrogen-bond acceptors (Lipinski definition) is 2. The SMILES string of the molecule is CC(N)CC(C)NC(=O)O. The third-order valence-electron chi connectivity index (χ3n) is 1.10. The first kappa shape index (κ1) is 9.23. The lowest BCUT2D eigenvalue weighted by molar-refractivity contribution is 0.190. The van der Waals surface area contributed by atoms with Crippen LogP contribution in [0, 0.1) is 0 Å². The molecule has 10 heavy (non-hydrogen) atoms. The van der Waals surface area contributed by atoms with Crippen LogP contribution in [0.3, 0.4) is 0 Å². The van der Waals surface area contributed by atoms with Crippen LogP contribution in [0.2, 0.25) is 0 Å². The largest absolute Gasteiger partial charge is 0.465 e. The molecule has 0 heterocycles. The maximum absolute atomic E-state index is 10.0. The van der Waals surface area contributed by atoms with Crippen molar-refractivity contribution in [3.63, 3.8) is 0 Å². The van der Waals surface area contributed by atoms with E-state index in [-0.39, 0.29) is 12.1 Å². The fraction of sp³-hybridized carbons (Fsp3) is 0.833. The highest BCUT2D eigenvalue weighted by Crippen LogP contribution is 1.93. The Labute approximate surface area is 60.4 Å². The third-order valence-corrected chi connectivity index (χ3v) is 1.10. The van der Waals surface area contributed by atoms with Gasteiger partial charge in [-0.05, 0) is 20.3 Å². The molecule has 0 radical (unpaired) electrons. The van der Waals surface area contributed by atoms with Gasteiger partial charge in [0.15, 0.2) is 0 Å². The summed E-state index contributed by atoms with van der Waals surface area (Å²) in [5.41, 5.74) is 5.44. The molecule has 4 nitrogen and oxygen atoms in total. The quantitative estimate of drug-likeness (QED) is 0.538. The number of nitrogens with one attached hydrogen (secondary N) is 1. The summed E-state index contributed by atoms with van der Waals surface area (Å²) in [6.45, 7) is 3.64. The van der Waals surface area contributed by atoms with Gasteiger partial charge in [0.05, 0.1) is 0 Å². The second-order valence-electron chi connectivity index (χ2n) is 2.56. The summed E-state index contributed by atoms with van der Waals surface area (Å²) in [4.78, 5) is 10.0.